The fourth-order valence-electron chi connectivity index (χ4n) is 2.13. The van der Waals surface area contributed by atoms with E-state index < -0.39 is 0 Å². The molecule has 3 aromatic rings. The third kappa shape index (κ3) is 2.54. The first-order chi connectivity index (χ1) is 9.63. The van der Waals surface area contributed by atoms with Gasteiger partial charge in [-0.3, -0.25) is 9.67 Å². The predicted molar refractivity (Wildman–Crippen MR) is 84.3 cm³/mol. The van der Waals surface area contributed by atoms with E-state index in [1.54, 1.807) is 11.3 Å². The molecule has 0 fully saturated rings. The van der Waals surface area contributed by atoms with Gasteiger partial charge in [0.15, 0.2) is 0 Å². The molecule has 1 N–H and O–H groups in total. The summed E-state index contributed by atoms with van der Waals surface area (Å²) in [5.74, 6) is 0. The minimum atomic E-state index is 0.207. The molecule has 3 heterocycles. The Kier molecular flexibility index (Phi) is 3.44. The maximum atomic E-state index is 4.49. The third-order valence-corrected chi connectivity index (χ3v) is 4.19. The SMILES string of the molecule is CC(Nc1cnn(C(C)C)c1)c1cnc2ccsc2c1. The molecule has 4 nitrogen and oxygen atoms in total. The van der Waals surface area contributed by atoms with Crippen LogP contribution in [0, 0.1) is 0 Å². The average Bonchev–Trinajstić information content (AvgIpc) is 3.05. The van der Waals surface area contributed by atoms with Gasteiger partial charge in [-0.2, -0.15) is 5.10 Å². The van der Waals surface area contributed by atoms with E-state index in [2.05, 4.69) is 53.7 Å². The highest BCUT2D eigenvalue weighted by Gasteiger charge is 2.09. The van der Waals surface area contributed by atoms with Crippen molar-refractivity contribution in [1.82, 2.24) is 14.8 Å². The number of rotatable bonds is 4. The Hall–Kier alpha value is -1.88. The molecule has 0 radical (unpaired) electrons. The molecule has 3 rings (SSSR count). The monoisotopic (exact) mass is 286 g/mol. The lowest BCUT2D eigenvalue weighted by Crippen LogP contribution is -2.06. The zero-order valence-electron chi connectivity index (χ0n) is 11.9. The van der Waals surface area contributed by atoms with Crippen LogP contribution in [0.2, 0.25) is 0 Å². The van der Waals surface area contributed by atoms with Crippen LogP contribution in [0.1, 0.15) is 38.4 Å². The predicted octanol–water partition coefficient (Wildman–Crippen LogP) is 4.25. The second-order valence-electron chi connectivity index (χ2n) is 5.24. The molecule has 0 amide bonds. The molecule has 3 aromatic heterocycles. The van der Waals surface area contributed by atoms with Crippen LogP contribution in [0.15, 0.2) is 36.1 Å². The number of fused-ring (bicyclic) bond motifs is 1. The summed E-state index contributed by atoms with van der Waals surface area (Å²) < 4.78 is 3.18. The molecule has 20 heavy (non-hydrogen) atoms. The molecule has 0 aliphatic carbocycles. The highest BCUT2D eigenvalue weighted by Crippen LogP contribution is 2.24. The Morgan fingerprint density at radius 1 is 1.25 bits per heavy atom. The van der Waals surface area contributed by atoms with Crippen LogP contribution in [0.4, 0.5) is 5.69 Å². The molecule has 1 atom stereocenters. The standard InChI is InChI=1S/C15H18N4S/c1-10(2)19-9-13(8-17-19)18-11(3)12-6-15-14(16-7-12)4-5-20-15/h4-11,18H,1-3H3. The molecular formula is C15H18N4S. The van der Waals surface area contributed by atoms with Crippen LogP contribution in [-0.4, -0.2) is 14.8 Å². The minimum Gasteiger partial charge on any atom is -0.376 e. The zero-order chi connectivity index (χ0) is 14.1. The van der Waals surface area contributed by atoms with Crippen molar-refractivity contribution in [1.29, 1.82) is 0 Å². The number of hydrogen-bond donors (Lipinski definition) is 1. The number of anilines is 1. The van der Waals surface area contributed by atoms with Crippen molar-refractivity contribution < 1.29 is 0 Å². The van der Waals surface area contributed by atoms with Crippen molar-refractivity contribution in [3.05, 3.63) is 41.7 Å². The van der Waals surface area contributed by atoms with Crippen LogP contribution < -0.4 is 5.32 Å². The second-order valence-corrected chi connectivity index (χ2v) is 6.19. The Balaban J connectivity index is 1.78. The van der Waals surface area contributed by atoms with Gasteiger partial charge in [-0.25, -0.2) is 0 Å². The summed E-state index contributed by atoms with van der Waals surface area (Å²) in [7, 11) is 0. The van der Waals surface area contributed by atoms with Gasteiger partial charge in [0.1, 0.15) is 0 Å². The smallest absolute Gasteiger partial charge is 0.0809 e. The minimum absolute atomic E-state index is 0.207. The molecule has 0 aliphatic heterocycles. The number of hydrogen-bond acceptors (Lipinski definition) is 4. The third-order valence-electron chi connectivity index (χ3n) is 3.34. The molecule has 104 valence electrons. The van der Waals surface area contributed by atoms with Crippen LogP contribution in [-0.2, 0) is 0 Å². The number of thiophene rings is 1. The van der Waals surface area contributed by atoms with E-state index in [4.69, 9.17) is 0 Å². The number of nitrogens with zero attached hydrogens (tertiary/aromatic N) is 3. The quantitative estimate of drug-likeness (QED) is 0.779. The van der Waals surface area contributed by atoms with Gasteiger partial charge < -0.3 is 5.32 Å². The Morgan fingerprint density at radius 3 is 2.85 bits per heavy atom. The molecule has 0 saturated carbocycles. The number of pyridine rings is 1. The number of aromatic nitrogens is 3. The maximum absolute atomic E-state index is 4.49. The molecule has 5 heteroatoms. The topological polar surface area (TPSA) is 42.7 Å². The Labute approximate surface area is 122 Å². The van der Waals surface area contributed by atoms with Gasteiger partial charge in [-0.15, -0.1) is 11.3 Å². The summed E-state index contributed by atoms with van der Waals surface area (Å²) in [5.41, 5.74) is 3.30. The molecule has 0 aromatic carbocycles. The largest absolute Gasteiger partial charge is 0.376 e. The molecule has 1 unspecified atom stereocenters. The van der Waals surface area contributed by atoms with Gasteiger partial charge in [-0.1, -0.05) is 0 Å². The van der Waals surface area contributed by atoms with Crippen molar-refractivity contribution in [2.24, 2.45) is 0 Å². The molecule has 0 bridgehead atoms. The van der Waals surface area contributed by atoms with Gasteiger partial charge in [0.25, 0.3) is 0 Å². The van der Waals surface area contributed by atoms with E-state index in [1.165, 1.54) is 10.3 Å². The van der Waals surface area contributed by atoms with Gasteiger partial charge in [0, 0.05) is 18.4 Å². The average molecular weight is 286 g/mol. The van der Waals surface area contributed by atoms with Crippen molar-refractivity contribution in [3.8, 4) is 0 Å². The van der Waals surface area contributed by atoms with Gasteiger partial charge in [0.2, 0.25) is 0 Å². The van der Waals surface area contributed by atoms with E-state index >= 15 is 0 Å². The zero-order valence-corrected chi connectivity index (χ0v) is 12.7. The lowest BCUT2D eigenvalue weighted by atomic mass is 10.1. The van der Waals surface area contributed by atoms with E-state index in [1.807, 2.05) is 23.3 Å². The van der Waals surface area contributed by atoms with Crippen LogP contribution >= 0.6 is 11.3 Å². The first kappa shape index (κ1) is 13.1. The lowest BCUT2D eigenvalue weighted by molar-refractivity contribution is 0.532. The van der Waals surface area contributed by atoms with Crippen molar-refractivity contribution >= 4 is 27.2 Å². The Morgan fingerprint density at radius 2 is 2.10 bits per heavy atom. The summed E-state index contributed by atoms with van der Waals surface area (Å²) >= 11 is 1.73. The molecular weight excluding hydrogens is 268 g/mol. The highest BCUT2D eigenvalue weighted by molar-refractivity contribution is 7.17. The summed E-state index contributed by atoms with van der Waals surface area (Å²) in [6.45, 7) is 6.38. The fraction of sp³-hybridized carbons (Fsp3) is 0.333. The lowest BCUT2D eigenvalue weighted by Gasteiger charge is -2.13. The van der Waals surface area contributed by atoms with Crippen molar-refractivity contribution in [3.63, 3.8) is 0 Å². The van der Waals surface area contributed by atoms with E-state index in [0.29, 0.717) is 6.04 Å². The van der Waals surface area contributed by atoms with Crippen LogP contribution in [0.5, 0.6) is 0 Å². The summed E-state index contributed by atoms with van der Waals surface area (Å²) in [6.07, 6.45) is 5.85. The first-order valence-corrected chi connectivity index (χ1v) is 7.65. The summed E-state index contributed by atoms with van der Waals surface area (Å²) in [4.78, 5) is 4.49. The summed E-state index contributed by atoms with van der Waals surface area (Å²) in [6, 6.07) is 4.84. The van der Waals surface area contributed by atoms with Gasteiger partial charge in [-0.05, 0) is 43.8 Å². The van der Waals surface area contributed by atoms with Crippen molar-refractivity contribution in [2.45, 2.75) is 32.9 Å². The van der Waals surface area contributed by atoms with Crippen molar-refractivity contribution in [2.75, 3.05) is 5.32 Å². The highest BCUT2D eigenvalue weighted by atomic mass is 32.1. The normalized spacial score (nSPS) is 13.0. The first-order valence-electron chi connectivity index (χ1n) is 6.77. The Bertz CT molecular complexity index is 713. The molecule has 0 saturated heterocycles. The van der Waals surface area contributed by atoms with E-state index in [0.717, 1.165) is 11.2 Å². The second kappa shape index (κ2) is 5.25. The summed E-state index contributed by atoms with van der Waals surface area (Å²) in [5, 5.41) is 9.89. The van der Waals surface area contributed by atoms with Gasteiger partial charge >= 0.3 is 0 Å². The fourth-order valence-corrected chi connectivity index (χ4v) is 2.92. The van der Waals surface area contributed by atoms with Crippen LogP contribution in [0.25, 0.3) is 10.2 Å². The van der Waals surface area contributed by atoms with E-state index in [9.17, 15) is 0 Å². The molecule has 0 aliphatic rings. The van der Waals surface area contributed by atoms with E-state index in [-0.39, 0.29) is 6.04 Å². The van der Waals surface area contributed by atoms with Gasteiger partial charge in [0.05, 0.1) is 28.1 Å². The number of nitrogens with one attached hydrogen (secondary N) is 1. The maximum Gasteiger partial charge on any atom is 0.0809 e. The molecule has 0 spiro atoms. The van der Waals surface area contributed by atoms with Crippen LogP contribution in [0.3, 0.4) is 0 Å².